The van der Waals surface area contributed by atoms with Crippen LogP contribution in [0.3, 0.4) is 0 Å². The van der Waals surface area contributed by atoms with Crippen LogP contribution in [0.25, 0.3) is 0 Å². The molecule has 2 rings (SSSR count). The van der Waals surface area contributed by atoms with E-state index < -0.39 is 5.97 Å². The van der Waals surface area contributed by atoms with Crippen LogP contribution in [-0.2, 0) is 11.8 Å². The van der Waals surface area contributed by atoms with Gasteiger partial charge in [-0.1, -0.05) is 0 Å². The summed E-state index contributed by atoms with van der Waals surface area (Å²) in [6.07, 6.45) is 4.71. The topological polar surface area (TPSA) is 62.5 Å². The van der Waals surface area contributed by atoms with Crippen molar-refractivity contribution >= 4 is 11.9 Å². The number of rotatable bonds is 2. The van der Waals surface area contributed by atoms with Gasteiger partial charge >= 0.3 is 5.97 Å². The number of aryl methyl sites for hydroxylation is 1. The second-order valence-electron chi connectivity index (χ2n) is 4.47. The molecular weight excluding hydrogens is 220 g/mol. The van der Waals surface area contributed by atoms with Crippen LogP contribution in [0, 0.1) is 5.92 Å². The molecule has 1 aromatic rings. The van der Waals surface area contributed by atoms with Crippen LogP contribution >= 0.6 is 0 Å². The van der Waals surface area contributed by atoms with E-state index in [1.54, 1.807) is 17.2 Å². The molecule has 1 fully saturated rings. The number of carboxylic acid groups (broad SMARTS) is 1. The third-order valence-electron chi connectivity index (χ3n) is 3.21. The quantitative estimate of drug-likeness (QED) is 0.832. The van der Waals surface area contributed by atoms with Crippen LogP contribution in [0.15, 0.2) is 18.5 Å². The van der Waals surface area contributed by atoms with Crippen LogP contribution in [0.5, 0.6) is 0 Å². The second-order valence-corrected chi connectivity index (χ2v) is 4.47. The van der Waals surface area contributed by atoms with Gasteiger partial charge in [0.05, 0.1) is 11.5 Å². The van der Waals surface area contributed by atoms with Crippen molar-refractivity contribution in [1.82, 2.24) is 9.47 Å². The number of nitrogens with zero attached hydrogens (tertiary/aromatic N) is 2. The predicted molar refractivity (Wildman–Crippen MR) is 61.7 cm³/mol. The Labute approximate surface area is 99.6 Å². The zero-order valence-corrected chi connectivity index (χ0v) is 9.80. The highest BCUT2D eigenvalue weighted by Gasteiger charge is 2.27. The van der Waals surface area contributed by atoms with Gasteiger partial charge in [-0.3, -0.25) is 9.59 Å². The Bertz CT molecular complexity index is 431. The lowest BCUT2D eigenvalue weighted by atomic mass is 9.97. The Hall–Kier alpha value is -1.78. The summed E-state index contributed by atoms with van der Waals surface area (Å²) >= 11 is 0. The van der Waals surface area contributed by atoms with Crippen molar-refractivity contribution in [2.75, 3.05) is 13.1 Å². The molecule has 0 atom stereocenters. The molecule has 92 valence electrons. The van der Waals surface area contributed by atoms with E-state index in [0.717, 1.165) is 0 Å². The Morgan fingerprint density at radius 1 is 1.35 bits per heavy atom. The molecule has 0 spiro atoms. The van der Waals surface area contributed by atoms with Gasteiger partial charge < -0.3 is 14.6 Å². The number of hydrogen-bond acceptors (Lipinski definition) is 2. The van der Waals surface area contributed by atoms with Crippen molar-refractivity contribution in [2.45, 2.75) is 12.8 Å². The number of piperidine rings is 1. The van der Waals surface area contributed by atoms with E-state index >= 15 is 0 Å². The van der Waals surface area contributed by atoms with Crippen LogP contribution in [-0.4, -0.2) is 39.5 Å². The van der Waals surface area contributed by atoms with E-state index in [9.17, 15) is 9.59 Å². The molecule has 5 nitrogen and oxygen atoms in total. The molecule has 5 heteroatoms. The molecule has 1 N–H and O–H groups in total. The maximum absolute atomic E-state index is 12.1. The Balaban J connectivity index is 1.97. The summed E-state index contributed by atoms with van der Waals surface area (Å²) in [6, 6.07) is 1.78. The zero-order chi connectivity index (χ0) is 12.4. The predicted octanol–water partition coefficient (Wildman–Crippen LogP) is 0.962. The lowest BCUT2D eigenvalue weighted by Crippen LogP contribution is -2.40. The van der Waals surface area contributed by atoms with E-state index in [1.807, 2.05) is 17.8 Å². The number of aromatic nitrogens is 1. The molecule has 0 radical (unpaired) electrons. The average molecular weight is 236 g/mol. The number of hydrogen-bond donors (Lipinski definition) is 1. The molecule has 0 bridgehead atoms. The van der Waals surface area contributed by atoms with Crippen LogP contribution in [0.4, 0.5) is 0 Å². The zero-order valence-electron chi connectivity index (χ0n) is 9.80. The van der Waals surface area contributed by atoms with Gasteiger partial charge in [0.2, 0.25) is 0 Å². The summed E-state index contributed by atoms with van der Waals surface area (Å²) in [5.74, 6) is -1.05. The Kier molecular flexibility index (Phi) is 3.17. The maximum atomic E-state index is 12.1. The van der Waals surface area contributed by atoms with E-state index in [1.165, 1.54) is 0 Å². The fourth-order valence-electron chi connectivity index (χ4n) is 2.14. The van der Waals surface area contributed by atoms with Gasteiger partial charge in [0, 0.05) is 32.5 Å². The van der Waals surface area contributed by atoms with E-state index in [2.05, 4.69) is 0 Å². The van der Waals surface area contributed by atoms with Crippen LogP contribution in [0.1, 0.15) is 23.2 Å². The number of amides is 1. The molecule has 1 aliphatic heterocycles. The molecular formula is C12H16N2O3. The first-order valence-electron chi connectivity index (χ1n) is 5.72. The molecule has 0 aliphatic carbocycles. The Morgan fingerprint density at radius 3 is 2.47 bits per heavy atom. The summed E-state index contributed by atoms with van der Waals surface area (Å²) in [7, 11) is 1.87. The van der Waals surface area contributed by atoms with E-state index in [-0.39, 0.29) is 11.8 Å². The fraction of sp³-hybridized carbons (Fsp3) is 0.500. The minimum absolute atomic E-state index is 0.00515. The van der Waals surface area contributed by atoms with Gasteiger partial charge in [0.1, 0.15) is 0 Å². The summed E-state index contributed by atoms with van der Waals surface area (Å²) < 4.78 is 1.83. The number of carboxylic acids is 1. The monoisotopic (exact) mass is 236 g/mol. The minimum Gasteiger partial charge on any atom is -0.481 e. The van der Waals surface area contributed by atoms with Gasteiger partial charge in [-0.25, -0.2) is 0 Å². The fourth-order valence-corrected chi connectivity index (χ4v) is 2.14. The third-order valence-corrected chi connectivity index (χ3v) is 3.21. The largest absolute Gasteiger partial charge is 0.481 e. The summed E-state index contributed by atoms with van der Waals surface area (Å²) in [6.45, 7) is 1.06. The molecule has 1 amide bonds. The lowest BCUT2D eigenvalue weighted by molar-refractivity contribution is -0.143. The first-order chi connectivity index (χ1) is 8.08. The summed E-state index contributed by atoms with van der Waals surface area (Å²) in [4.78, 5) is 24.6. The molecule has 1 aliphatic rings. The molecule has 2 heterocycles. The summed E-state index contributed by atoms with van der Waals surface area (Å²) in [5, 5.41) is 8.88. The van der Waals surface area contributed by atoms with Crippen molar-refractivity contribution < 1.29 is 14.7 Å². The van der Waals surface area contributed by atoms with Gasteiger partial charge in [-0.15, -0.1) is 0 Å². The number of aliphatic carboxylic acids is 1. The molecule has 17 heavy (non-hydrogen) atoms. The summed E-state index contributed by atoms with van der Waals surface area (Å²) in [5.41, 5.74) is 0.668. The van der Waals surface area contributed by atoms with Crippen molar-refractivity contribution in [3.8, 4) is 0 Å². The van der Waals surface area contributed by atoms with Gasteiger partial charge in [0.25, 0.3) is 5.91 Å². The third kappa shape index (κ3) is 2.49. The highest BCUT2D eigenvalue weighted by molar-refractivity contribution is 5.94. The highest BCUT2D eigenvalue weighted by Crippen LogP contribution is 2.19. The van der Waals surface area contributed by atoms with E-state index in [0.29, 0.717) is 31.5 Å². The molecule has 0 unspecified atom stereocenters. The normalized spacial score (nSPS) is 17.1. The van der Waals surface area contributed by atoms with Crippen molar-refractivity contribution in [3.05, 3.63) is 24.0 Å². The average Bonchev–Trinajstić information content (AvgIpc) is 2.75. The lowest BCUT2D eigenvalue weighted by Gasteiger charge is -2.29. The smallest absolute Gasteiger partial charge is 0.306 e. The van der Waals surface area contributed by atoms with Crippen LogP contribution in [0.2, 0.25) is 0 Å². The molecule has 0 saturated carbocycles. The molecule has 0 aromatic carbocycles. The SMILES string of the molecule is Cn1ccc(C(=O)N2CCC(C(=O)O)CC2)c1. The number of likely N-dealkylation sites (tertiary alicyclic amines) is 1. The van der Waals surface area contributed by atoms with Crippen molar-refractivity contribution in [2.24, 2.45) is 13.0 Å². The number of carbonyl (C=O) groups excluding carboxylic acids is 1. The van der Waals surface area contributed by atoms with Crippen molar-refractivity contribution in [1.29, 1.82) is 0 Å². The second kappa shape index (κ2) is 4.61. The molecule has 1 aromatic heterocycles. The van der Waals surface area contributed by atoms with Gasteiger partial charge in [-0.05, 0) is 18.9 Å². The maximum Gasteiger partial charge on any atom is 0.306 e. The van der Waals surface area contributed by atoms with Gasteiger partial charge in [-0.2, -0.15) is 0 Å². The number of carbonyl (C=O) groups is 2. The van der Waals surface area contributed by atoms with Crippen molar-refractivity contribution in [3.63, 3.8) is 0 Å². The van der Waals surface area contributed by atoms with E-state index in [4.69, 9.17) is 5.11 Å². The Morgan fingerprint density at radius 2 is 2.00 bits per heavy atom. The highest BCUT2D eigenvalue weighted by atomic mass is 16.4. The molecule has 1 saturated heterocycles. The standard InChI is InChI=1S/C12H16N2O3/c1-13-5-2-10(8-13)11(15)14-6-3-9(4-7-14)12(16)17/h2,5,8-9H,3-4,6-7H2,1H3,(H,16,17). The first kappa shape index (κ1) is 11.7. The van der Waals surface area contributed by atoms with Gasteiger partial charge in [0.15, 0.2) is 0 Å². The minimum atomic E-state index is -0.753. The first-order valence-corrected chi connectivity index (χ1v) is 5.72. The van der Waals surface area contributed by atoms with Crippen LogP contribution < -0.4 is 0 Å².